The van der Waals surface area contributed by atoms with Gasteiger partial charge < -0.3 is 10.5 Å². The van der Waals surface area contributed by atoms with Crippen LogP contribution in [0, 0.1) is 11.8 Å². The summed E-state index contributed by atoms with van der Waals surface area (Å²) in [7, 11) is 0. The molecule has 2 unspecified atom stereocenters. The molecule has 88 valence electrons. The number of rotatable bonds is 3. The standard InChI is InChI=1S/C13H25NO/c1-11(10-14)8-12-4-7-15-13(9-12)5-2-3-6-13/h11-12H,2-10,14H2,1H3. The molecule has 1 saturated carbocycles. The van der Waals surface area contributed by atoms with Gasteiger partial charge in [-0.05, 0) is 50.5 Å². The van der Waals surface area contributed by atoms with Crippen LogP contribution in [-0.4, -0.2) is 18.8 Å². The van der Waals surface area contributed by atoms with Gasteiger partial charge in [-0.1, -0.05) is 19.8 Å². The first-order valence-corrected chi connectivity index (χ1v) is 6.58. The van der Waals surface area contributed by atoms with E-state index >= 15 is 0 Å². The summed E-state index contributed by atoms with van der Waals surface area (Å²) < 4.78 is 6.04. The molecule has 2 rings (SSSR count). The Morgan fingerprint density at radius 3 is 2.80 bits per heavy atom. The fourth-order valence-electron chi connectivity index (χ4n) is 3.36. The molecule has 1 heterocycles. The van der Waals surface area contributed by atoms with E-state index in [1.807, 2.05) is 0 Å². The molecule has 2 atom stereocenters. The molecule has 2 heteroatoms. The third kappa shape index (κ3) is 2.73. The number of hydrogen-bond donors (Lipinski definition) is 1. The van der Waals surface area contributed by atoms with E-state index in [0.717, 1.165) is 19.1 Å². The van der Waals surface area contributed by atoms with E-state index in [1.54, 1.807) is 0 Å². The minimum atomic E-state index is 0.289. The van der Waals surface area contributed by atoms with Gasteiger partial charge in [-0.25, -0.2) is 0 Å². The largest absolute Gasteiger partial charge is 0.375 e. The van der Waals surface area contributed by atoms with E-state index in [2.05, 4.69) is 6.92 Å². The molecule has 1 aliphatic heterocycles. The molecule has 0 amide bonds. The zero-order valence-corrected chi connectivity index (χ0v) is 10.0. The van der Waals surface area contributed by atoms with Crippen LogP contribution in [0.4, 0.5) is 0 Å². The average Bonchev–Trinajstić information content (AvgIpc) is 2.66. The first-order chi connectivity index (χ1) is 7.24. The highest BCUT2D eigenvalue weighted by atomic mass is 16.5. The third-order valence-corrected chi connectivity index (χ3v) is 4.25. The molecule has 0 bridgehead atoms. The Kier molecular flexibility index (Phi) is 3.68. The minimum Gasteiger partial charge on any atom is -0.375 e. The molecule has 1 aliphatic carbocycles. The summed E-state index contributed by atoms with van der Waals surface area (Å²) >= 11 is 0. The van der Waals surface area contributed by atoms with Crippen molar-refractivity contribution in [1.82, 2.24) is 0 Å². The Morgan fingerprint density at radius 2 is 2.13 bits per heavy atom. The molecule has 15 heavy (non-hydrogen) atoms. The van der Waals surface area contributed by atoms with Gasteiger partial charge in [0.25, 0.3) is 0 Å². The van der Waals surface area contributed by atoms with Crippen molar-refractivity contribution in [1.29, 1.82) is 0 Å². The lowest BCUT2D eigenvalue weighted by Gasteiger charge is -2.39. The molecule has 0 aromatic heterocycles. The fraction of sp³-hybridized carbons (Fsp3) is 1.00. The maximum Gasteiger partial charge on any atom is 0.0685 e. The van der Waals surface area contributed by atoms with E-state index in [-0.39, 0.29) is 5.60 Å². The number of nitrogens with two attached hydrogens (primary N) is 1. The van der Waals surface area contributed by atoms with Crippen LogP contribution in [0.25, 0.3) is 0 Å². The van der Waals surface area contributed by atoms with Crippen LogP contribution in [0.3, 0.4) is 0 Å². The van der Waals surface area contributed by atoms with Crippen LogP contribution in [-0.2, 0) is 4.74 Å². The van der Waals surface area contributed by atoms with Gasteiger partial charge in [-0.15, -0.1) is 0 Å². The van der Waals surface area contributed by atoms with Crippen molar-refractivity contribution in [2.45, 2.75) is 57.5 Å². The monoisotopic (exact) mass is 211 g/mol. The SMILES string of the molecule is CC(CN)CC1CCOC2(CCCC2)C1. The van der Waals surface area contributed by atoms with Crippen LogP contribution in [0.1, 0.15) is 51.9 Å². The molecule has 0 radical (unpaired) electrons. The molecule has 2 aliphatic rings. The molecular weight excluding hydrogens is 186 g/mol. The molecule has 1 saturated heterocycles. The highest BCUT2D eigenvalue weighted by Gasteiger charge is 2.39. The summed E-state index contributed by atoms with van der Waals surface area (Å²) in [5.41, 5.74) is 5.99. The van der Waals surface area contributed by atoms with E-state index < -0.39 is 0 Å². The van der Waals surface area contributed by atoms with Crippen molar-refractivity contribution < 1.29 is 4.74 Å². The first kappa shape index (κ1) is 11.4. The van der Waals surface area contributed by atoms with Crippen LogP contribution >= 0.6 is 0 Å². The van der Waals surface area contributed by atoms with Gasteiger partial charge in [-0.2, -0.15) is 0 Å². The van der Waals surface area contributed by atoms with Gasteiger partial charge in [0.2, 0.25) is 0 Å². The highest BCUT2D eigenvalue weighted by molar-refractivity contribution is 4.91. The molecule has 2 fully saturated rings. The first-order valence-electron chi connectivity index (χ1n) is 6.58. The van der Waals surface area contributed by atoms with E-state index in [0.29, 0.717) is 5.92 Å². The van der Waals surface area contributed by atoms with Crippen LogP contribution < -0.4 is 5.73 Å². The lowest BCUT2D eigenvalue weighted by Crippen LogP contribution is -2.38. The molecule has 2 N–H and O–H groups in total. The van der Waals surface area contributed by atoms with Gasteiger partial charge in [0, 0.05) is 6.61 Å². The summed E-state index contributed by atoms with van der Waals surface area (Å²) in [5, 5.41) is 0. The van der Waals surface area contributed by atoms with Crippen molar-refractivity contribution in [3.8, 4) is 0 Å². The average molecular weight is 211 g/mol. The molecule has 1 spiro atoms. The smallest absolute Gasteiger partial charge is 0.0685 e. The van der Waals surface area contributed by atoms with E-state index in [4.69, 9.17) is 10.5 Å². The zero-order chi connectivity index (χ0) is 10.7. The molecule has 0 aromatic rings. The van der Waals surface area contributed by atoms with E-state index in [1.165, 1.54) is 44.9 Å². The number of hydrogen-bond acceptors (Lipinski definition) is 2. The quantitative estimate of drug-likeness (QED) is 0.779. The maximum atomic E-state index is 6.04. The number of ether oxygens (including phenoxy) is 1. The molecule has 2 nitrogen and oxygen atoms in total. The summed E-state index contributed by atoms with van der Waals surface area (Å²) in [5.74, 6) is 1.56. The predicted octanol–water partition coefficient (Wildman–Crippen LogP) is 2.71. The van der Waals surface area contributed by atoms with Gasteiger partial charge in [0.15, 0.2) is 0 Å². The summed E-state index contributed by atoms with van der Waals surface area (Å²) in [6, 6.07) is 0. The minimum absolute atomic E-state index is 0.289. The predicted molar refractivity (Wildman–Crippen MR) is 62.7 cm³/mol. The van der Waals surface area contributed by atoms with Crippen LogP contribution in [0.2, 0.25) is 0 Å². The van der Waals surface area contributed by atoms with Crippen LogP contribution in [0.15, 0.2) is 0 Å². The Labute approximate surface area is 93.6 Å². The molecular formula is C13H25NO. The van der Waals surface area contributed by atoms with Crippen molar-refractivity contribution in [3.63, 3.8) is 0 Å². The van der Waals surface area contributed by atoms with Crippen molar-refractivity contribution in [2.75, 3.05) is 13.2 Å². The second kappa shape index (κ2) is 4.84. The highest BCUT2D eigenvalue weighted by Crippen LogP contribution is 2.43. The van der Waals surface area contributed by atoms with Crippen molar-refractivity contribution in [3.05, 3.63) is 0 Å². The summed E-state index contributed by atoms with van der Waals surface area (Å²) in [6.07, 6.45) is 9.23. The summed E-state index contributed by atoms with van der Waals surface area (Å²) in [4.78, 5) is 0. The van der Waals surface area contributed by atoms with Crippen molar-refractivity contribution in [2.24, 2.45) is 17.6 Å². The Hall–Kier alpha value is -0.0800. The zero-order valence-electron chi connectivity index (χ0n) is 10.0. The van der Waals surface area contributed by atoms with Gasteiger partial charge in [-0.3, -0.25) is 0 Å². The summed E-state index contributed by atoms with van der Waals surface area (Å²) in [6.45, 7) is 4.10. The second-order valence-electron chi connectivity index (χ2n) is 5.67. The van der Waals surface area contributed by atoms with Gasteiger partial charge in [0.1, 0.15) is 0 Å². The van der Waals surface area contributed by atoms with E-state index in [9.17, 15) is 0 Å². The lowest BCUT2D eigenvalue weighted by molar-refractivity contribution is -0.0952. The fourth-order valence-corrected chi connectivity index (χ4v) is 3.36. The Bertz CT molecular complexity index is 199. The van der Waals surface area contributed by atoms with Gasteiger partial charge in [0.05, 0.1) is 5.60 Å². The Morgan fingerprint density at radius 1 is 1.40 bits per heavy atom. The maximum absolute atomic E-state index is 6.04. The third-order valence-electron chi connectivity index (χ3n) is 4.25. The lowest BCUT2D eigenvalue weighted by atomic mass is 9.80. The normalized spacial score (nSPS) is 32.0. The van der Waals surface area contributed by atoms with Crippen LogP contribution in [0.5, 0.6) is 0 Å². The topological polar surface area (TPSA) is 35.2 Å². The molecule has 0 aromatic carbocycles. The Balaban J connectivity index is 1.86. The van der Waals surface area contributed by atoms with Gasteiger partial charge >= 0.3 is 0 Å². The van der Waals surface area contributed by atoms with Crippen molar-refractivity contribution >= 4 is 0 Å². The second-order valence-corrected chi connectivity index (χ2v) is 5.67.